The second-order valence-corrected chi connectivity index (χ2v) is 1.95. The average Bonchev–Trinajstić information content (AvgIpc) is 1.90. The molecule has 2 N–H and O–H groups in total. The number of carbonyl (C=O) groups excluding carboxylic acids is 1. The Morgan fingerprint density at radius 3 is 2.70 bits per heavy atom. The van der Waals surface area contributed by atoms with Crippen LogP contribution < -0.4 is 5.32 Å². The maximum atomic E-state index is 10.3. The van der Waals surface area contributed by atoms with Crippen molar-refractivity contribution in [2.45, 2.75) is 6.04 Å². The number of carbonyl (C=O) groups is 1. The van der Waals surface area contributed by atoms with Crippen molar-refractivity contribution in [3.63, 3.8) is 0 Å². The van der Waals surface area contributed by atoms with Gasteiger partial charge in [-0.15, -0.1) is 0 Å². The Labute approximate surface area is 84.7 Å². The van der Waals surface area contributed by atoms with Gasteiger partial charge in [0, 0.05) is 39.3 Å². The molecule has 1 saturated heterocycles. The van der Waals surface area contributed by atoms with E-state index < -0.39 is 11.9 Å². The van der Waals surface area contributed by atoms with E-state index in [1.165, 1.54) is 0 Å². The van der Waals surface area contributed by atoms with Crippen molar-refractivity contribution >= 4 is 5.91 Å². The summed E-state index contributed by atoms with van der Waals surface area (Å²) in [5.74, 6) is -0.588. The first-order chi connectivity index (χ1) is 4.30. The van der Waals surface area contributed by atoms with Gasteiger partial charge >= 0.3 is 0 Å². The minimum atomic E-state index is -0.588. The third-order valence-corrected chi connectivity index (χ3v) is 1.24. The number of rotatable bonds is 1. The van der Waals surface area contributed by atoms with Crippen LogP contribution >= 0.6 is 0 Å². The third kappa shape index (κ3) is 3.06. The van der Waals surface area contributed by atoms with E-state index in [1.807, 2.05) is 0 Å². The normalized spacial score (nSPS) is 25.0. The Kier molecular flexibility index (Phi) is 5.44. The fourth-order valence-electron chi connectivity index (χ4n) is 0.734. The van der Waals surface area contributed by atoms with Crippen LogP contribution in [0.3, 0.4) is 0 Å². The molecule has 1 aliphatic rings. The molecule has 1 unspecified atom stereocenters. The molecule has 1 heterocycles. The second kappa shape index (κ2) is 5.18. The molecule has 0 spiro atoms. The quantitative estimate of drug-likeness (QED) is 0.648. The van der Waals surface area contributed by atoms with Crippen LogP contribution in [-0.2, 0) is 42.2 Å². The first-order valence-electron chi connectivity index (χ1n) is 2.87. The van der Waals surface area contributed by atoms with Gasteiger partial charge in [-0.2, -0.15) is 0 Å². The van der Waals surface area contributed by atoms with Gasteiger partial charge in [-0.3, -0.25) is 0 Å². The van der Waals surface area contributed by atoms with Crippen molar-refractivity contribution in [1.82, 2.24) is 5.32 Å². The number of hydrogen-bond donors (Lipinski definition) is 1. The fourth-order valence-corrected chi connectivity index (χ4v) is 0.734. The van der Waals surface area contributed by atoms with E-state index in [9.17, 15) is 4.79 Å². The Hall–Kier alpha value is 0.494. The summed E-state index contributed by atoms with van der Waals surface area (Å²) in [5, 5.41) is 2.86. The summed E-state index contributed by atoms with van der Waals surface area (Å²) in [6.07, 6.45) is 0. The Morgan fingerprint density at radius 2 is 2.40 bits per heavy atom. The molecule has 0 aromatic heterocycles. The predicted molar refractivity (Wildman–Crippen MR) is 31.9 cm³/mol. The maximum absolute atomic E-state index is 10.3. The molecule has 5 heteroatoms. The summed E-state index contributed by atoms with van der Waals surface area (Å²) in [7, 11) is 0. The Morgan fingerprint density at radius 1 is 1.70 bits per heavy atom. The van der Waals surface area contributed by atoms with Crippen molar-refractivity contribution in [2.24, 2.45) is 0 Å². The predicted octanol–water partition coefficient (Wildman–Crippen LogP) is -0.449. The third-order valence-electron chi connectivity index (χ3n) is 1.24. The zero-order chi connectivity index (χ0) is 6.69. The van der Waals surface area contributed by atoms with Crippen LogP contribution in [0.2, 0.25) is 0 Å². The molecule has 1 radical (unpaired) electrons. The SMILES string of the molecule is [NH-]C(=O)C1COCCN1.[Y]. The van der Waals surface area contributed by atoms with E-state index in [0.29, 0.717) is 19.8 Å². The van der Waals surface area contributed by atoms with Crippen molar-refractivity contribution < 1.29 is 42.2 Å². The molecule has 1 aliphatic heterocycles. The maximum Gasteiger partial charge on any atom is 0.0722 e. The smallest absolute Gasteiger partial charge is 0.0722 e. The van der Waals surface area contributed by atoms with Crippen LogP contribution in [0, 0.1) is 0 Å². The van der Waals surface area contributed by atoms with Gasteiger partial charge < -0.3 is 20.6 Å². The van der Waals surface area contributed by atoms with Gasteiger partial charge in [-0.25, -0.2) is 0 Å². The molecular weight excluding hydrogens is 209 g/mol. The molecule has 0 saturated carbocycles. The molecule has 0 aromatic carbocycles. The number of nitrogens with one attached hydrogen (secondary N) is 2. The molecule has 0 aliphatic carbocycles. The molecular formula is C5H9N2O2Y-. The monoisotopic (exact) mass is 218 g/mol. The fraction of sp³-hybridized carbons (Fsp3) is 0.800. The zero-order valence-corrected chi connectivity index (χ0v) is 8.43. The zero-order valence-electron chi connectivity index (χ0n) is 5.59. The minimum absolute atomic E-state index is 0. The van der Waals surface area contributed by atoms with Crippen molar-refractivity contribution in [2.75, 3.05) is 19.8 Å². The van der Waals surface area contributed by atoms with Gasteiger partial charge in [-0.1, -0.05) is 0 Å². The van der Waals surface area contributed by atoms with Crippen molar-refractivity contribution in [3.05, 3.63) is 5.73 Å². The second-order valence-electron chi connectivity index (χ2n) is 1.95. The Balaban J connectivity index is 0.000000810. The molecule has 1 rings (SSSR count). The Bertz CT molecular complexity index is 114. The van der Waals surface area contributed by atoms with Gasteiger partial charge in [0.15, 0.2) is 0 Å². The van der Waals surface area contributed by atoms with Crippen LogP contribution in [-0.4, -0.2) is 31.7 Å². The summed E-state index contributed by atoms with van der Waals surface area (Å²) >= 11 is 0. The van der Waals surface area contributed by atoms with E-state index in [1.54, 1.807) is 0 Å². The standard InChI is InChI=1S/C5H10N2O2.Y/c6-5(8)4-3-9-2-1-7-4;/h4,7H,1-3H2,(H2,6,8);/p-1. The average molecular weight is 218 g/mol. The van der Waals surface area contributed by atoms with Crippen LogP contribution in [0.5, 0.6) is 0 Å². The van der Waals surface area contributed by atoms with Gasteiger partial charge in [0.2, 0.25) is 0 Å². The number of hydrogen-bond acceptors (Lipinski definition) is 3. The van der Waals surface area contributed by atoms with Crippen LogP contribution in [0.4, 0.5) is 0 Å². The first kappa shape index (κ1) is 10.5. The summed E-state index contributed by atoms with van der Waals surface area (Å²) < 4.78 is 4.94. The van der Waals surface area contributed by atoms with Gasteiger partial charge in [0.25, 0.3) is 0 Å². The molecule has 10 heavy (non-hydrogen) atoms. The summed E-state index contributed by atoms with van der Waals surface area (Å²) in [6, 6.07) is -0.390. The van der Waals surface area contributed by atoms with E-state index >= 15 is 0 Å². The van der Waals surface area contributed by atoms with Crippen molar-refractivity contribution in [3.8, 4) is 0 Å². The summed E-state index contributed by atoms with van der Waals surface area (Å²) in [4.78, 5) is 10.3. The van der Waals surface area contributed by atoms with E-state index in [4.69, 9.17) is 10.5 Å². The molecule has 1 fully saturated rings. The van der Waals surface area contributed by atoms with E-state index in [2.05, 4.69) is 5.32 Å². The first-order valence-corrected chi connectivity index (χ1v) is 2.87. The molecule has 0 aromatic rings. The van der Waals surface area contributed by atoms with Crippen LogP contribution in [0.15, 0.2) is 0 Å². The van der Waals surface area contributed by atoms with E-state index in [-0.39, 0.29) is 32.7 Å². The number of amides is 1. The van der Waals surface area contributed by atoms with Crippen molar-refractivity contribution in [1.29, 1.82) is 0 Å². The summed E-state index contributed by atoms with van der Waals surface area (Å²) in [6.45, 7) is 1.67. The van der Waals surface area contributed by atoms with Crippen LogP contribution in [0.25, 0.3) is 5.73 Å². The number of morpholine rings is 1. The van der Waals surface area contributed by atoms with Crippen LogP contribution in [0.1, 0.15) is 0 Å². The molecule has 1 atom stereocenters. The van der Waals surface area contributed by atoms with E-state index in [0.717, 1.165) is 0 Å². The summed E-state index contributed by atoms with van der Waals surface area (Å²) in [5.41, 5.74) is 6.69. The van der Waals surface area contributed by atoms with Gasteiger partial charge in [-0.05, 0) is 0 Å². The number of ether oxygens (including phenoxy) is 1. The molecule has 55 valence electrons. The molecule has 4 nitrogen and oxygen atoms in total. The molecule has 0 bridgehead atoms. The topological polar surface area (TPSA) is 62.1 Å². The van der Waals surface area contributed by atoms with Gasteiger partial charge in [0.1, 0.15) is 0 Å². The largest absolute Gasteiger partial charge is 0.666 e. The minimum Gasteiger partial charge on any atom is -0.666 e. The van der Waals surface area contributed by atoms with Gasteiger partial charge in [0.05, 0.1) is 25.2 Å². The molecule has 1 amide bonds.